The van der Waals surface area contributed by atoms with Crippen molar-refractivity contribution in [1.82, 2.24) is 9.97 Å². The summed E-state index contributed by atoms with van der Waals surface area (Å²) < 4.78 is 0. The molecule has 15 heavy (non-hydrogen) atoms. The average molecular weight is 266 g/mol. The maximum absolute atomic E-state index is 3.96. The second-order valence-electron chi connectivity index (χ2n) is 2.47. The molecule has 2 heterocycles. The Hall–Kier alpha value is -0.830. The fourth-order valence-electron chi connectivity index (χ4n) is 1.09. The van der Waals surface area contributed by atoms with Crippen molar-refractivity contribution in [2.75, 3.05) is 0 Å². The van der Waals surface area contributed by atoms with Crippen LogP contribution < -0.4 is 0 Å². The van der Waals surface area contributed by atoms with Crippen LogP contribution in [0.3, 0.4) is 0 Å². The fraction of sp³-hybridized carbons (Fsp3) is 0. The third kappa shape index (κ3) is 4.47. The van der Waals surface area contributed by atoms with E-state index in [1.54, 1.807) is 24.8 Å². The summed E-state index contributed by atoms with van der Waals surface area (Å²) in [6.07, 6.45) is 7.15. The van der Waals surface area contributed by atoms with Gasteiger partial charge in [-0.25, -0.2) is 0 Å². The van der Waals surface area contributed by atoms with E-state index in [0.717, 1.165) is 0 Å². The van der Waals surface area contributed by atoms with E-state index in [-0.39, 0.29) is 37.2 Å². The van der Waals surface area contributed by atoms with Gasteiger partial charge in [-0.3, -0.25) is 9.97 Å². The Balaban J connectivity index is 0. The van der Waals surface area contributed by atoms with Crippen molar-refractivity contribution in [3.05, 3.63) is 49.1 Å². The Morgan fingerprint density at radius 3 is 1.07 bits per heavy atom. The highest BCUT2D eigenvalue weighted by Gasteiger charge is 1.92. The lowest BCUT2D eigenvalue weighted by Gasteiger charge is -1.97. The topological polar surface area (TPSA) is 25.8 Å². The zero-order valence-electron chi connectivity index (χ0n) is 7.74. The molecule has 0 saturated heterocycles. The van der Waals surface area contributed by atoms with Crippen LogP contribution in [-0.4, -0.2) is 9.97 Å². The minimum atomic E-state index is 0. The minimum Gasteiger partial charge on any atom is -0.265 e. The molecule has 0 atom stereocenters. The predicted octanol–water partition coefficient (Wildman–Crippen LogP) is 3.41. The van der Waals surface area contributed by atoms with Gasteiger partial charge in [-0.1, -0.05) is 0 Å². The normalized spacial score (nSPS) is 7.73. The minimum absolute atomic E-state index is 0. The summed E-state index contributed by atoms with van der Waals surface area (Å²) in [5, 5.41) is 0. The van der Waals surface area contributed by atoms with Gasteiger partial charge >= 0.3 is 0 Å². The largest absolute Gasteiger partial charge is 0.265 e. The van der Waals surface area contributed by atoms with E-state index >= 15 is 0 Å². The van der Waals surface area contributed by atoms with E-state index in [1.807, 2.05) is 24.3 Å². The standard InChI is InChI=1S/C10H8N2.3ClH/c1-5-11-6-2-9(1)10-3-7-12-8-4-10;;;/h1-8H;3*1H. The molecule has 2 rings (SSSR count). The molecular weight excluding hydrogens is 254 g/mol. The molecule has 0 fully saturated rings. The van der Waals surface area contributed by atoms with Gasteiger partial charge < -0.3 is 0 Å². The Kier molecular flexibility index (Phi) is 9.38. The van der Waals surface area contributed by atoms with E-state index in [0.29, 0.717) is 0 Å². The molecular formula is C10H11Cl3N2. The van der Waals surface area contributed by atoms with Gasteiger partial charge in [0.2, 0.25) is 0 Å². The molecule has 0 N–H and O–H groups in total. The van der Waals surface area contributed by atoms with Crippen LogP contribution in [0.1, 0.15) is 0 Å². The zero-order chi connectivity index (χ0) is 8.23. The molecule has 2 aromatic rings. The van der Waals surface area contributed by atoms with Gasteiger partial charge in [-0.2, -0.15) is 0 Å². The fourth-order valence-corrected chi connectivity index (χ4v) is 1.09. The van der Waals surface area contributed by atoms with Crippen LogP contribution >= 0.6 is 37.2 Å². The number of hydrogen-bond donors (Lipinski definition) is 0. The second-order valence-corrected chi connectivity index (χ2v) is 2.47. The molecule has 0 aliphatic rings. The van der Waals surface area contributed by atoms with Crippen molar-refractivity contribution in [3.8, 4) is 11.1 Å². The monoisotopic (exact) mass is 264 g/mol. The van der Waals surface area contributed by atoms with Crippen molar-refractivity contribution in [2.45, 2.75) is 0 Å². The molecule has 2 aromatic heterocycles. The number of rotatable bonds is 1. The first-order chi connectivity index (χ1) is 5.97. The van der Waals surface area contributed by atoms with Crippen LogP contribution in [0.2, 0.25) is 0 Å². The van der Waals surface area contributed by atoms with Crippen molar-refractivity contribution in [2.24, 2.45) is 0 Å². The van der Waals surface area contributed by atoms with Gasteiger partial charge in [0.15, 0.2) is 0 Å². The Morgan fingerprint density at radius 2 is 0.800 bits per heavy atom. The molecule has 0 unspecified atom stereocenters. The van der Waals surface area contributed by atoms with Crippen molar-refractivity contribution >= 4 is 37.2 Å². The van der Waals surface area contributed by atoms with Crippen LogP contribution in [-0.2, 0) is 0 Å². The molecule has 0 spiro atoms. The third-order valence-electron chi connectivity index (χ3n) is 1.69. The Labute approximate surface area is 107 Å². The van der Waals surface area contributed by atoms with Crippen LogP contribution in [0.25, 0.3) is 11.1 Å². The molecule has 0 aliphatic heterocycles. The highest BCUT2D eigenvalue weighted by atomic mass is 35.5. The van der Waals surface area contributed by atoms with Gasteiger partial charge in [0.1, 0.15) is 0 Å². The Morgan fingerprint density at radius 1 is 0.533 bits per heavy atom. The molecule has 0 bridgehead atoms. The number of nitrogens with zero attached hydrogens (tertiary/aromatic N) is 2. The number of hydrogen-bond acceptors (Lipinski definition) is 2. The van der Waals surface area contributed by atoms with Gasteiger partial charge in [-0.05, 0) is 35.4 Å². The average Bonchev–Trinajstić information content (AvgIpc) is 2.21. The summed E-state index contributed by atoms with van der Waals surface area (Å²) in [5.41, 5.74) is 2.35. The maximum atomic E-state index is 3.96. The van der Waals surface area contributed by atoms with E-state index in [9.17, 15) is 0 Å². The van der Waals surface area contributed by atoms with E-state index in [1.165, 1.54) is 11.1 Å². The van der Waals surface area contributed by atoms with Gasteiger partial charge in [0.05, 0.1) is 0 Å². The smallest absolute Gasteiger partial charge is 0.0273 e. The molecule has 0 saturated carbocycles. The lowest BCUT2D eigenvalue weighted by Crippen LogP contribution is -1.77. The molecule has 5 heteroatoms. The van der Waals surface area contributed by atoms with Crippen molar-refractivity contribution in [3.63, 3.8) is 0 Å². The van der Waals surface area contributed by atoms with Crippen LogP contribution in [0.4, 0.5) is 0 Å². The molecule has 0 aliphatic carbocycles. The summed E-state index contributed by atoms with van der Waals surface area (Å²) in [7, 11) is 0. The highest BCUT2D eigenvalue weighted by Crippen LogP contribution is 2.15. The lowest BCUT2D eigenvalue weighted by atomic mass is 10.1. The van der Waals surface area contributed by atoms with E-state index in [2.05, 4.69) is 9.97 Å². The second kappa shape index (κ2) is 8.48. The van der Waals surface area contributed by atoms with Crippen molar-refractivity contribution < 1.29 is 0 Å². The number of aromatic nitrogens is 2. The van der Waals surface area contributed by atoms with Gasteiger partial charge in [-0.15, -0.1) is 37.2 Å². The first kappa shape index (κ1) is 16.6. The van der Waals surface area contributed by atoms with Gasteiger partial charge in [0.25, 0.3) is 0 Å². The third-order valence-corrected chi connectivity index (χ3v) is 1.69. The highest BCUT2D eigenvalue weighted by molar-refractivity contribution is 5.86. The molecule has 2 nitrogen and oxygen atoms in total. The summed E-state index contributed by atoms with van der Waals surface area (Å²) >= 11 is 0. The SMILES string of the molecule is Cl.Cl.Cl.c1cc(-c2ccncc2)ccn1. The quantitative estimate of drug-likeness (QED) is 0.790. The zero-order valence-corrected chi connectivity index (χ0v) is 10.2. The summed E-state index contributed by atoms with van der Waals surface area (Å²) in [4.78, 5) is 7.91. The Bertz CT molecular complexity index is 316. The lowest BCUT2D eigenvalue weighted by molar-refractivity contribution is 1.31. The number of halogens is 3. The molecule has 82 valence electrons. The summed E-state index contributed by atoms with van der Waals surface area (Å²) in [6.45, 7) is 0. The van der Waals surface area contributed by atoms with Crippen molar-refractivity contribution in [1.29, 1.82) is 0 Å². The van der Waals surface area contributed by atoms with E-state index < -0.39 is 0 Å². The number of pyridine rings is 2. The molecule has 0 radical (unpaired) electrons. The first-order valence-corrected chi connectivity index (χ1v) is 3.77. The first-order valence-electron chi connectivity index (χ1n) is 3.77. The van der Waals surface area contributed by atoms with Crippen LogP contribution in [0, 0.1) is 0 Å². The maximum Gasteiger partial charge on any atom is 0.0273 e. The van der Waals surface area contributed by atoms with Crippen LogP contribution in [0.15, 0.2) is 49.1 Å². The molecule has 0 amide bonds. The van der Waals surface area contributed by atoms with Crippen LogP contribution in [0.5, 0.6) is 0 Å². The predicted molar refractivity (Wildman–Crippen MR) is 69.2 cm³/mol. The summed E-state index contributed by atoms with van der Waals surface area (Å²) in [6, 6.07) is 7.93. The van der Waals surface area contributed by atoms with E-state index in [4.69, 9.17) is 0 Å². The van der Waals surface area contributed by atoms with Gasteiger partial charge in [0, 0.05) is 24.8 Å². The summed E-state index contributed by atoms with van der Waals surface area (Å²) in [5.74, 6) is 0. The molecule has 0 aromatic carbocycles.